The van der Waals surface area contributed by atoms with Crippen LogP contribution in [-0.2, 0) is 10.2 Å². The fraction of sp³-hybridized carbons (Fsp3) is 0.436. The van der Waals surface area contributed by atoms with E-state index in [4.69, 9.17) is 11.6 Å². The molecule has 4 fully saturated rings. The van der Waals surface area contributed by atoms with Crippen LogP contribution in [-0.4, -0.2) is 56.9 Å². The molecule has 246 valence electrons. The Morgan fingerprint density at radius 3 is 2.34 bits per heavy atom. The van der Waals surface area contributed by atoms with Crippen LogP contribution in [0.1, 0.15) is 69.7 Å². The van der Waals surface area contributed by atoms with E-state index in [0.717, 1.165) is 60.4 Å². The van der Waals surface area contributed by atoms with Gasteiger partial charge in [0.25, 0.3) is 5.91 Å². The molecular formula is C39H49N7O. The first-order valence-corrected chi connectivity index (χ1v) is 17.5. The molecule has 1 aromatic heterocycles. The third-order valence-corrected chi connectivity index (χ3v) is 11.5. The standard InChI is InChI=1S/C31H41N5O.C8H8N2/c1-2-26(36(33)25-13-7-4-8-14-25)28(32)29(37)34-19-16-30(17-20-34,23-10-5-3-6-11-23)18-21-35-27-15-9-12-24-22-31(24,27)35;1-6-9-7-4-2-3-5-8(7)10-6/h3-8,10-11,13-14,24,27H,2,9,12,15-22,32-33H2,1H3;2-5H,1H3,(H,9,10)/b28-26-;. The Morgan fingerprint density at radius 1 is 0.979 bits per heavy atom. The predicted octanol–water partition coefficient (Wildman–Crippen LogP) is 6.40. The summed E-state index contributed by atoms with van der Waals surface area (Å²) in [6.07, 6.45) is 9.37. The van der Waals surface area contributed by atoms with Gasteiger partial charge in [0.15, 0.2) is 0 Å². The summed E-state index contributed by atoms with van der Waals surface area (Å²) >= 11 is 0. The highest BCUT2D eigenvalue weighted by Crippen LogP contribution is 2.70. The number of nitrogens with two attached hydrogens (primary N) is 2. The van der Waals surface area contributed by atoms with Crippen molar-refractivity contribution in [2.75, 3.05) is 24.6 Å². The van der Waals surface area contributed by atoms with Crippen molar-refractivity contribution in [1.82, 2.24) is 19.8 Å². The largest absolute Gasteiger partial charge is 0.393 e. The summed E-state index contributed by atoms with van der Waals surface area (Å²) in [6, 6.07) is 29.5. The monoisotopic (exact) mass is 631 g/mol. The number of anilines is 1. The summed E-state index contributed by atoms with van der Waals surface area (Å²) in [7, 11) is 0. The van der Waals surface area contributed by atoms with Crippen molar-refractivity contribution in [2.45, 2.75) is 82.2 Å². The number of likely N-dealkylation sites (tertiary alicyclic amines) is 2. The van der Waals surface area contributed by atoms with Crippen LogP contribution in [0.4, 0.5) is 5.69 Å². The zero-order chi connectivity index (χ0) is 32.6. The fourth-order valence-corrected chi connectivity index (χ4v) is 8.81. The molecule has 47 heavy (non-hydrogen) atoms. The molecule has 3 heterocycles. The highest BCUT2D eigenvalue weighted by Gasteiger charge is 2.76. The number of hydrazine groups is 1. The molecule has 4 atom stereocenters. The number of aryl methyl sites for hydroxylation is 1. The smallest absolute Gasteiger partial charge is 0.271 e. The van der Waals surface area contributed by atoms with E-state index in [9.17, 15) is 4.79 Å². The lowest BCUT2D eigenvalue weighted by Gasteiger charge is -2.43. The number of fused-ring (bicyclic) bond motifs is 1. The molecule has 1 spiro atoms. The van der Waals surface area contributed by atoms with Crippen LogP contribution in [0.15, 0.2) is 96.3 Å². The Balaban J connectivity index is 0.000000298. The van der Waals surface area contributed by atoms with Gasteiger partial charge in [-0.3, -0.25) is 14.7 Å². The van der Waals surface area contributed by atoms with Crippen molar-refractivity contribution in [2.24, 2.45) is 17.5 Å². The van der Waals surface area contributed by atoms with Gasteiger partial charge in [-0.2, -0.15) is 0 Å². The second-order valence-electron chi connectivity index (χ2n) is 14.0. The normalized spacial score (nSPS) is 25.9. The second kappa shape index (κ2) is 12.8. The molecular weight excluding hydrogens is 582 g/mol. The zero-order valence-corrected chi connectivity index (χ0v) is 27.9. The highest BCUT2D eigenvalue weighted by atomic mass is 16.2. The van der Waals surface area contributed by atoms with Gasteiger partial charge < -0.3 is 15.6 Å². The topological polar surface area (TPSA) is 107 Å². The van der Waals surface area contributed by atoms with Crippen LogP contribution in [0.3, 0.4) is 0 Å². The van der Waals surface area contributed by atoms with Crippen molar-refractivity contribution >= 4 is 22.6 Å². The number of carbonyl (C=O) groups excluding carboxylic acids is 1. The van der Waals surface area contributed by atoms with E-state index in [-0.39, 0.29) is 17.0 Å². The minimum absolute atomic E-state index is 0.0958. The Kier molecular flexibility index (Phi) is 8.57. The number of aromatic nitrogens is 2. The summed E-state index contributed by atoms with van der Waals surface area (Å²) < 4.78 is 0. The number of hydrogen-bond acceptors (Lipinski definition) is 6. The SMILES string of the molecule is CC/C(=C(/N)C(=O)N1CCC(CCN2C3CCCC4CC432)(c2ccccc2)CC1)N(N)c1ccccc1.Cc1nc2ccccc2[nH]1. The number of rotatable bonds is 8. The molecule has 0 radical (unpaired) electrons. The molecule has 5 N–H and O–H groups in total. The van der Waals surface area contributed by atoms with E-state index in [2.05, 4.69) is 45.2 Å². The Bertz CT molecular complexity index is 1690. The van der Waals surface area contributed by atoms with Gasteiger partial charge in [-0.1, -0.05) is 74.0 Å². The zero-order valence-electron chi connectivity index (χ0n) is 27.9. The van der Waals surface area contributed by atoms with Crippen molar-refractivity contribution < 1.29 is 4.79 Å². The Morgan fingerprint density at radius 2 is 1.66 bits per heavy atom. The number of nitrogens with one attached hydrogen (secondary N) is 1. The number of amides is 1. The molecule has 2 aliphatic carbocycles. The van der Waals surface area contributed by atoms with Gasteiger partial charge in [-0.25, -0.2) is 10.8 Å². The number of allylic oxidation sites excluding steroid dienone is 1. The van der Waals surface area contributed by atoms with Crippen LogP contribution < -0.4 is 16.6 Å². The second-order valence-corrected chi connectivity index (χ2v) is 14.0. The number of carbonyl (C=O) groups is 1. The number of aromatic amines is 1. The average molecular weight is 632 g/mol. The number of nitrogens with zero attached hydrogens (tertiary/aromatic N) is 4. The van der Waals surface area contributed by atoms with Crippen LogP contribution in [0.2, 0.25) is 0 Å². The number of H-pyrrole nitrogens is 1. The van der Waals surface area contributed by atoms with E-state index >= 15 is 0 Å². The van der Waals surface area contributed by atoms with Crippen LogP contribution >= 0.6 is 0 Å². The molecule has 1 amide bonds. The summed E-state index contributed by atoms with van der Waals surface area (Å²) in [6.45, 7) is 6.58. The van der Waals surface area contributed by atoms with Gasteiger partial charge in [0, 0.05) is 24.7 Å². The Hall–Kier alpha value is -4.14. The molecule has 4 aliphatic rings. The summed E-state index contributed by atoms with van der Waals surface area (Å²) in [5, 5.41) is 1.56. The van der Waals surface area contributed by atoms with Crippen molar-refractivity contribution in [3.63, 3.8) is 0 Å². The molecule has 8 heteroatoms. The molecule has 2 saturated carbocycles. The molecule has 2 saturated heterocycles. The first kappa shape index (κ1) is 31.5. The molecule has 4 aromatic rings. The number of para-hydroxylation sites is 3. The van der Waals surface area contributed by atoms with E-state index in [1.807, 2.05) is 73.3 Å². The molecule has 0 bridgehead atoms. The maximum absolute atomic E-state index is 13.5. The number of hydrogen-bond donors (Lipinski definition) is 3. The highest BCUT2D eigenvalue weighted by molar-refractivity contribution is 5.94. The quantitative estimate of drug-likeness (QED) is 0.0900. The molecule has 2 aliphatic heterocycles. The minimum Gasteiger partial charge on any atom is -0.393 e. The number of benzene rings is 3. The van der Waals surface area contributed by atoms with Gasteiger partial charge in [-0.05, 0) is 99.6 Å². The van der Waals surface area contributed by atoms with Crippen molar-refractivity contribution in [3.8, 4) is 0 Å². The van der Waals surface area contributed by atoms with Gasteiger partial charge in [0.1, 0.15) is 11.5 Å². The lowest BCUT2D eigenvalue weighted by atomic mass is 9.70. The molecule has 8 nitrogen and oxygen atoms in total. The number of piperidine rings is 1. The molecule has 8 rings (SSSR count). The summed E-state index contributed by atoms with van der Waals surface area (Å²) in [4.78, 5) is 25.7. The first-order valence-electron chi connectivity index (χ1n) is 17.5. The van der Waals surface area contributed by atoms with E-state index in [1.165, 1.54) is 44.2 Å². The summed E-state index contributed by atoms with van der Waals surface area (Å²) in [5.74, 6) is 8.24. The third kappa shape index (κ3) is 5.93. The summed E-state index contributed by atoms with van der Waals surface area (Å²) in [5.41, 5.74) is 12.5. The fourth-order valence-electron chi connectivity index (χ4n) is 8.81. The average Bonchev–Trinajstić information content (AvgIpc) is 3.96. The minimum atomic E-state index is -0.0958. The van der Waals surface area contributed by atoms with Crippen molar-refractivity contribution in [3.05, 3.63) is 108 Å². The van der Waals surface area contributed by atoms with E-state index in [0.29, 0.717) is 17.7 Å². The van der Waals surface area contributed by atoms with E-state index in [1.54, 1.807) is 5.01 Å². The van der Waals surface area contributed by atoms with Crippen LogP contribution in [0, 0.1) is 12.8 Å². The molecule has 3 aromatic carbocycles. The maximum Gasteiger partial charge on any atom is 0.271 e. The Labute approximate surface area is 278 Å². The van der Waals surface area contributed by atoms with Gasteiger partial charge >= 0.3 is 0 Å². The van der Waals surface area contributed by atoms with Crippen LogP contribution in [0.25, 0.3) is 11.0 Å². The first-order chi connectivity index (χ1) is 22.9. The van der Waals surface area contributed by atoms with Gasteiger partial charge in [0.2, 0.25) is 0 Å². The lowest BCUT2D eigenvalue weighted by Crippen LogP contribution is -2.48. The number of imidazole rings is 1. The third-order valence-electron chi connectivity index (χ3n) is 11.5. The van der Waals surface area contributed by atoms with Gasteiger partial charge in [-0.15, -0.1) is 0 Å². The van der Waals surface area contributed by atoms with E-state index < -0.39 is 0 Å². The predicted molar refractivity (Wildman–Crippen MR) is 189 cm³/mol. The lowest BCUT2D eigenvalue weighted by molar-refractivity contribution is -0.129. The van der Waals surface area contributed by atoms with Crippen molar-refractivity contribution in [1.29, 1.82) is 0 Å². The maximum atomic E-state index is 13.5. The van der Waals surface area contributed by atoms with Gasteiger partial charge in [0.05, 0.1) is 22.4 Å². The van der Waals surface area contributed by atoms with Crippen LogP contribution in [0.5, 0.6) is 0 Å². The molecule has 4 unspecified atom stereocenters.